The molecule has 18 heavy (non-hydrogen) atoms. The smallest absolute Gasteiger partial charge is 0.150 e. The summed E-state index contributed by atoms with van der Waals surface area (Å²) in [6.45, 7) is 7.63. The highest BCUT2D eigenvalue weighted by Crippen LogP contribution is 2.20. The number of ether oxygens (including phenoxy) is 2. The lowest BCUT2D eigenvalue weighted by molar-refractivity contribution is 0.100. The molecule has 0 aliphatic rings. The minimum atomic E-state index is 0.518. The first-order chi connectivity index (χ1) is 8.81. The van der Waals surface area contributed by atoms with Crippen molar-refractivity contribution in [2.75, 3.05) is 19.8 Å². The highest BCUT2D eigenvalue weighted by molar-refractivity contribution is 5.75. The Kier molecular flexibility index (Phi) is 6.81. The summed E-state index contributed by atoms with van der Waals surface area (Å²) in [6.07, 6.45) is 4.33. The molecule has 1 rings (SSSR count). The van der Waals surface area contributed by atoms with Crippen molar-refractivity contribution in [1.29, 1.82) is 0 Å². The van der Waals surface area contributed by atoms with Gasteiger partial charge in [0.05, 0.1) is 6.61 Å². The minimum Gasteiger partial charge on any atom is -0.491 e. The molecule has 0 N–H and O–H groups in total. The van der Waals surface area contributed by atoms with Gasteiger partial charge in [-0.25, -0.2) is 0 Å². The molecular formula is C15H20O3. The van der Waals surface area contributed by atoms with Gasteiger partial charge in [-0.3, -0.25) is 4.79 Å². The van der Waals surface area contributed by atoms with Crippen LogP contribution in [0.1, 0.15) is 29.3 Å². The Morgan fingerprint density at radius 2 is 2.11 bits per heavy atom. The van der Waals surface area contributed by atoms with E-state index in [4.69, 9.17) is 9.47 Å². The van der Waals surface area contributed by atoms with E-state index in [1.54, 1.807) is 12.1 Å². The molecule has 0 spiro atoms. The standard InChI is InChI=1S/C15H20O3/c1-3-5-14-11-13(12-16)6-7-15(14)18-10-9-17-8-4-2/h3,6-7,11-12H,1,4-5,8-10H2,2H3. The van der Waals surface area contributed by atoms with Crippen LogP contribution in [0.4, 0.5) is 0 Å². The fraction of sp³-hybridized carbons (Fsp3) is 0.400. The number of aldehydes is 1. The molecule has 98 valence electrons. The normalized spacial score (nSPS) is 10.1. The van der Waals surface area contributed by atoms with Gasteiger partial charge in [-0.15, -0.1) is 6.58 Å². The molecule has 1 aromatic rings. The predicted octanol–water partition coefficient (Wildman–Crippen LogP) is 3.03. The van der Waals surface area contributed by atoms with E-state index in [-0.39, 0.29) is 0 Å². The van der Waals surface area contributed by atoms with Crippen LogP contribution >= 0.6 is 0 Å². The second-order valence-corrected chi connectivity index (χ2v) is 3.94. The third-order valence-electron chi connectivity index (χ3n) is 2.42. The van der Waals surface area contributed by atoms with Gasteiger partial charge in [0, 0.05) is 12.2 Å². The van der Waals surface area contributed by atoms with Gasteiger partial charge in [0.1, 0.15) is 18.6 Å². The third kappa shape index (κ3) is 4.72. The Balaban J connectivity index is 2.57. The van der Waals surface area contributed by atoms with Gasteiger partial charge in [-0.05, 0) is 36.6 Å². The maximum atomic E-state index is 10.7. The Morgan fingerprint density at radius 1 is 1.28 bits per heavy atom. The van der Waals surface area contributed by atoms with E-state index in [0.717, 1.165) is 30.6 Å². The summed E-state index contributed by atoms with van der Waals surface area (Å²) in [5, 5.41) is 0. The summed E-state index contributed by atoms with van der Waals surface area (Å²) < 4.78 is 11.0. The maximum absolute atomic E-state index is 10.7. The first-order valence-electron chi connectivity index (χ1n) is 6.21. The summed E-state index contributed by atoms with van der Waals surface area (Å²) in [5.74, 6) is 0.792. The van der Waals surface area contributed by atoms with Crippen LogP contribution in [0.3, 0.4) is 0 Å². The van der Waals surface area contributed by atoms with E-state index in [9.17, 15) is 4.79 Å². The fourth-order valence-corrected chi connectivity index (χ4v) is 1.59. The predicted molar refractivity (Wildman–Crippen MR) is 72.3 cm³/mol. The second-order valence-electron chi connectivity index (χ2n) is 3.94. The van der Waals surface area contributed by atoms with Gasteiger partial charge in [0.25, 0.3) is 0 Å². The lowest BCUT2D eigenvalue weighted by Crippen LogP contribution is -2.08. The van der Waals surface area contributed by atoms with Crippen molar-refractivity contribution in [3.8, 4) is 5.75 Å². The molecule has 0 heterocycles. The molecule has 0 saturated carbocycles. The van der Waals surface area contributed by atoms with Crippen LogP contribution in [0.2, 0.25) is 0 Å². The molecule has 0 unspecified atom stereocenters. The molecule has 0 amide bonds. The van der Waals surface area contributed by atoms with E-state index in [2.05, 4.69) is 13.5 Å². The van der Waals surface area contributed by atoms with Crippen molar-refractivity contribution in [3.05, 3.63) is 42.0 Å². The van der Waals surface area contributed by atoms with Crippen LogP contribution in [0.25, 0.3) is 0 Å². The Morgan fingerprint density at radius 3 is 2.78 bits per heavy atom. The van der Waals surface area contributed by atoms with Crippen molar-refractivity contribution >= 4 is 6.29 Å². The molecule has 3 heteroatoms. The molecule has 0 atom stereocenters. The number of carbonyl (C=O) groups is 1. The van der Waals surface area contributed by atoms with Crippen LogP contribution in [0, 0.1) is 0 Å². The quantitative estimate of drug-likeness (QED) is 0.383. The number of carbonyl (C=O) groups excluding carboxylic acids is 1. The largest absolute Gasteiger partial charge is 0.491 e. The van der Waals surface area contributed by atoms with E-state index < -0.39 is 0 Å². The summed E-state index contributed by atoms with van der Waals surface area (Å²) >= 11 is 0. The van der Waals surface area contributed by atoms with Gasteiger partial charge in [0.15, 0.2) is 0 Å². The molecule has 1 aromatic carbocycles. The Bertz CT molecular complexity index is 385. The molecule has 3 nitrogen and oxygen atoms in total. The van der Waals surface area contributed by atoms with Gasteiger partial charge < -0.3 is 9.47 Å². The van der Waals surface area contributed by atoms with Crippen molar-refractivity contribution < 1.29 is 14.3 Å². The average molecular weight is 248 g/mol. The fourth-order valence-electron chi connectivity index (χ4n) is 1.59. The van der Waals surface area contributed by atoms with E-state index in [1.165, 1.54) is 0 Å². The zero-order valence-corrected chi connectivity index (χ0v) is 10.9. The topological polar surface area (TPSA) is 35.5 Å². The van der Waals surface area contributed by atoms with Crippen LogP contribution in [0.5, 0.6) is 5.75 Å². The Hall–Kier alpha value is -1.61. The van der Waals surface area contributed by atoms with E-state index in [1.807, 2.05) is 12.1 Å². The summed E-state index contributed by atoms with van der Waals surface area (Å²) in [5.41, 5.74) is 1.63. The first-order valence-corrected chi connectivity index (χ1v) is 6.21. The SMILES string of the molecule is C=CCc1cc(C=O)ccc1OCCOCCC. The Labute approximate surface area is 108 Å². The summed E-state index contributed by atoms with van der Waals surface area (Å²) in [6, 6.07) is 5.40. The highest BCUT2D eigenvalue weighted by Gasteiger charge is 2.04. The van der Waals surface area contributed by atoms with Gasteiger partial charge in [0.2, 0.25) is 0 Å². The summed E-state index contributed by atoms with van der Waals surface area (Å²) in [7, 11) is 0. The van der Waals surface area contributed by atoms with E-state index in [0.29, 0.717) is 25.2 Å². The van der Waals surface area contributed by atoms with Crippen molar-refractivity contribution in [1.82, 2.24) is 0 Å². The lowest BCUT2D eigenvalue weighted by Gasteiger charge is -2.11. The molecular weight excluding hydrogens is 228 g/mol. The van der Waals surface area contributed by atoms with E-state index >= 15 is 0 Å². The number of hydrogen-bond donors (Lipinski definition) is 0. The van der Waals surface area contributed by atoms with Crippen LogP contribution in [-0.2, 0) is 11.2 Å². The molecule has 0 aromatic heterocycles. The average Bonchev–Trinajstić information content (AvgIpc) is 2.40. The maximum Gasteiger partial charge on any atom is 0.150 e. The highest BCUT2D eigenvalue weighted by atomic mass is 16.5. The second kappa shape index (κ2) is 8.48. The van der Waals surface area contributed by atoms with Gasteiger partial charge in [-0.2, -0.15) is 0 Å². The van der Waals surface area contributed by atoms with Crippen molar-refractivity contribution in [2.24, 2.45) is 0 Å². The monoisotopic (exact) mass is 248 g/mol. The lowest BCUT2D eigenvalue weighted by atomic mass is 10.1. The van der Waals surface area contributed by atoms with Crippen LogP contribution in [-0.4, -0.2) is 26.1 Å². The zero-order chi connectivity index (χ0) is 13.2. The van der Waals surface area contributed by atoms with Crippen molar-refractivity contribution in [2.45, 2.75) is 19.8 Å². The summed E-state index contributed by atoms with van der Waals surface area (Å²) in [4.78, 5) is 10.7. The number of allylic oxidation sites excluding steroid dienone is 1. The van der Waals surface area contributed by atoms with Gasteiger partial charge in [-0.1, -0.05) is 13.0 Å². The molecule has 0 fully saturated rings. The molecule has 0 radical (unpaired) electrons. The number of benzene rings is 1. The molecule has 0 aliphatic heterocycles. The molecule has 0 bridgehead atoms. The van der Waals surface area contributed by atoms with Crippen LogP contribution in [0.15, 0.2) is 30.9 Å². The molecule has 0 saturated heterocycles. The van der Waals surface area contributed by atoms with Crippen molar-refractivity contribution in [3.63, 3.8) is 0 Å². The zero-order valence-electron chi connectivity index (χ0n) is 10.9. The van der Waals surface area contributed by atoms with Crippen LogP contribution < -0.4 is 4.74 Å². The number of hydrogen-bond acceptors (Lipinski definition) is 3. The number of rotatable bonds is 9. The third-order valence-corrected chi connectivity index (χ3v) is 2.42. The molecule has 0 aliphatic carbocycles. The first kappa shape index (κ1) is 14.5. The minimum absolute atomic E-state index is 0.518. The van der Waals surface area contributed by atoms with Gasteiger partial charge >= 0.3 is 0 Å².